The summed E-state index contributed by atoms with van der Waals surface area (Å²) >= 11 is 9.20. The molecule has 1 N–H and O–H groups in total. The molecule has 0 radical (unpaired) electrons. The lowest BCUT2D eigenvalue weighted by atomic mass is 10.2. The highest BCUT2D eigenvalue weighted by Crippen LogP contribution is 2.18. The van der Waals surface area contributed by atoms with Crippen LogP contribution in [0.25, 0.3) is 0 Å². The molecule has 0 amide bonds. The van der Waals surface area contributed by atoms with Crippen LogP contribution in [-0.2, 0) is 13.1 Å². The first kappa shape index (κ1) is 16.0. The van der Waals surface area contributed by atoms with Gasteiger partial charge in [-0.25, -0.2) is 4.68 Å². The second kappa shape index (κ2) is 7.61. The number of rotatable bonds is 6. The summed E-state index contributed by atoms with van der Waals surface area (Å²) < 4.78 is 2.00. The van der Waals surface area contributed by atoms with Crippen LogP contribution < -0.4 is 10.9 Å². The van der Waals surface area contributed by atoms with Crippen molar-refractivity contribution in [3.8, 4) is 0 Å². The number of aromatic nitrogens is 2. The Morgan fingerprint density at radius 2 is 2.05 bits per heavy atom. The summed E-state index contributed by atoms with van der Waals surface area (Å²) in [4.78, 5) is 12.1. The van der Waals surface area contributed by atoms with Crippen molar-refractivity contribution in [3.63, 3.8) is 0 Å². The van der Waals surface area contributed by atoms with Crippen LogP contribution in [0.4, 0.5) is 5.69 Å². The van der Waals surface area contributed by atoms with E-state index in [0.717, 1.165) is 18.4 Å². The highest BCUT2D eigenvalue weighted by atomic mass is 79.9. The van der Waals surface area contributed by atoms with Crippen LogP contribution in [0.1, 0.15) is 25.3 Å². The maximum atomic E-state index is 12.1. The largest absolute Gasteiger partial charge is 0.379 e. The van der Waals surface area contributed by atoms with Crippen LogP contribution in [0.15, 0.2) is 39.7 Å². The Hall–Kier alpha value is -1.33. The van der Waals surface area contributed by atoms with Gasteiger partial charge in [0.05, 0.1) is 11.9 Å². The first-order valence-corrected chi connectivity index (χ1v) is 8.03. The molecule has 0 saturated carbocycles. The van der Waals surface area contributed by atoms with E-state index in [4.69, 9.17) is 11.6 Å². The van der Waals surface area contributed by atoms with Crippen molar-refractivity contribution in [2.24, 2.45) is 0 Å². The Morgan fingerprint density at radius 1 is 1.33 bits per heavy atom. The molecule has 6 heteroatoms. The van der Waals surface area contributed by atoms with Gasteiger partial charge in [0, 0.05) is 18.1 Å². The molecule has 0 aliphatic heterocycles. The smallest absolute Gasteiger partial charge is 0.283 e. The Balaban J connectivity index is 2.08. The number of halogens is 2. The van der Waals surface area contributed by atoms with Crippen molar-refractivity contribution in [1.82, 2.24) is 9.78 Å². The van der Waals surface area contributed by atoms with Crippen LogP contribution in [0, 0.1) is 0 Å². The lowest BCUT2D eigenvalue weighted by molar-refractivity contribution is 0.541. The number of aryl methyl sites for hydroxylation is 1. The van der Waals surface area contributed by atoms with Gasteiger partial charge in [-0.1, -0.05) is 37.1 Å². The Kier molecular flexibility index (Phi) is 5.82. The zero-order chi connectivity index (χ0) is 15.2. The minimum absolute atomic E-state index is 0.107. The van der Waals surface area contributed by atoms with E-state index in [1.807, 2.05) is 24.3 Å². The molecule has 0 aliphatic carbocycles. The molecule has 4 nitrogen and oxygen atoms in total. The van der Waals surface area contributed by atoms with E-state index in [2.05, 4.69) is 33.3 Å². The number of anilines is 1. The molecule has 0 saturated heterocycles. The summed E-state index contributed by atoms with van der Waals surface area (Å²) in [5.41, 5.74) is 1.67. The van der Waals surface area contributed by atoms with Gasteiger partial charge in [-0.2, -0.15) is 5.10 Å². The van der Waals surface area contributed by atoms with Gasteiger partial charge in [-0.3, -0.25) is 4.79 Å². The van der Waals surface area contributed by atoms with Crippen molar-refractivity contribution in [2.45, 2.75) is 32.9 Å². The first-order valence-electron chi connectivity index (χ1n) is 6.85. The summed E-state index contributed by atoms with van der Waals surface area (Å²) in [5, 5.41) is 8.11. The van der Waals surface area contributed by atoms with Crippen molar-refractivity contribution in [1.29, 1.82) is 0 Å². The molecule has 21 heavy (non-hydrogen) atoms. The lowest BCUT2D eigenvalue weighted by Gasteiger charge is -2.10. The molecule has 2 aromatic rings. The van der Waals surface area contributed by atoms with Crippen molar-refractivity contribution in [3.05, 3.63) is 55.9 Å². The van der Waals surface area contributed by atoms with E-state index >= 15 is 0 Å². The lowest BCUT2D eigenvalue weighted by Crippen LogP contribution is -2.24. The summed E-state index contributed by atoms with van der Waals surface area (Å²) in [6, 6.07) is 7.57. The summed E-state index contributed by atoms with van der Waals surface area (Å²) in [6.07, 6.45) is 3.65. The number of hydrogen-bond acceptors (Lipinski definition) is 3. The van der Waals surface area contributed by atoms with Crippen LogP contribution in [-0.4, -0.2) is 9.78 Å². The monoisotopic (exact) mass is 369 g/mol. The Labute approximate surface area is 137 Å². The molecule has 0 atom stereocenters. The average molecular weight is 371 g/mol. The number of nitrogens with one attached hydrogen (secondary N) is 1. The topological polar surface area (TPSA) is 46.9 Å². The molecule has 1 aromatic heterocycles. The van der Waals surface area contributed by atoms with Crippen LogP contribution in [0.2, 0.25) is 5.02 Å². The molecular formula is C15H17BrClN3O. The SMILES string of the molecule is CCCCn1ncc(NCc2ccc(Cl)cc2)c(Br)c1=O. The van der Waals surface area contributed by atoms with E-state index in [-0.39, 0.29) is 5.56 Å². The fourth-order valence-electron chi connectivity index (χ4n) is 1.86. The molecule has 0 aliphatic rings. The molecular weight excluding hydrogens is 354 g/mol. The minimum atomic E-state index is -0.107. The third-order valence-corrected chi connectivity index (χ3v) is 4.12. The normalized spacial score (nSPS) is 10.6. The third-order valence-electron chi connectivity index (χ3n) is 3.10. The van der Waals surface area contributed by atoms with Gasteiger partial charge in [0.2, 0.25) is 0 Å². The summed E-state index contributed by atoms with van der Waals surface area (Å²) in [7, 11) is 0. The molecule has 2 rings (SSSR count). The van der Waals surface area contributed by atoms with Gasteiger partial charge in [0.1, 0.15) is 4.47 Å². The molecule has 0 unspecified atom stereocenters. The van der Waals surface area contributed by atoms with Gasteiger partial charge in [-0.15, -0.1) is 0 Å². The van der Waals surface area contributed by atoms with Crippen molar-refractivity contribution < 1.29 is 0 Å². The number of nitrogens with zero attached hydrogens (tertiary/aromatic N) is 2. The maximum absolute atomic E-state index is 12.1. The minimum Gasteiger partial charge on any atom is -0.379 e. The van der Waals surface area contributed by atoms with E-state index < -0.39 is 0 Å². The fourth-order valence-corrected chi connectivity index (χ4v) is 2.43. The number of hydrogen-bond donors (Lipinski definition) is 1. The van der Waals surface area contributed by atoms with Gasteiger partial charge in [0.15, 0.2) is 0 Å². The van der Waals surface area contributed by atoms with Crippen LogP contribution in [0.3, 0.4) is 0 Å². The van der Waals surface area contributed by atoms with Gasteiger partial charge in [0.25, 0.3) is 5.56 Å². The van der Waals surface area contributed by atoms with Crippen LogP contribution in [0.5, 0.6) is 0 Å². The highest BCUT2D eigenvalue weighted by Gasteiger charge is 2.08. The molecule has 0 bridgehead atoms. The molecule has 0 spiro atoms. The predicted octanol–water partition coefficient (Wildman–Crippen LogP) is 4.07. The fraction of sp³-hybridized carbons (Fsp3) is 0.333. The molecule has 1 aromatic carbocycles. The second-order valence-corrected chi connectivity index (χ2v) is 5.96. The van der Waals surface area contributed by atoms with Crippen LogP contribution >= 0.6 is 27.5 Å². The maximum Gasteiger partial charge on any atom is 0.283 e. The number of benzene rings is 1. The van der Waals surface area contributed by atoms with E-state index in [0.29, 0.717) is 28.3 Å². The third kappa shape index (κ3) is 4.32. The standard InChI is InChI=1S/C15H17BrClN3O/c1-2-3-8-20-15(21)14(16)13(10-19-20)18-9-11-4-6-12(17)7-5-11/h4-7,10,18H,2-3,8-9H2,1H3. The van der Waals surface area contributed by atoms with E-state index in [1.54, 1.807) is 6.20 Å². The van der Waals surface area contributed by atoms with Gasteiger partial charge >= 0.3 is 0 Å². The van der Waals surface area contributed by atoms with E-state index in [9.17, 15) is 4.79 Å². The van der Waals surface area contributed by atoms with Crippen molar-refractivity contribution >= 4 is 33.2 Å². The van der Waals surface area contributed by atoms with E-state index in [1.165, 1.54) is 4.68 Å². The molecule has 1 heterocycles. The Morgan fingerprint density at radius 3 is 2.71 bits per heavy atom. The van der Waals surface area contributed by atoms with Crippen molar-refractivity contribution in [2.75, 3.05) is 5.32 Å². The summed E-state index contributed by atoms with van der Waals surface area (Å²) in [6.45, 7) is 3.34. The zero-order valence-electron chi connectivity index (χ0n) is 11.8. The van der Waals surface area contributed by atoms with Gasteiger partial charge < -0.3 is 5.32 Å². The first-order chi connectivity index (χ1) is 10.1. The summed E-state index contributed by atoms with van der Waals surface area (Å²) in [5.74, 6) is 0. The molecule has 112 valence electrons. The quantitative estimate of drug-likeness (QED) is 0.833. The number of unbranched alkanes of at least 4 members (excludes halogenated alkanes) is 1. The zero-order valence-corrected chi connectivity index (χ0v) is 14.1. The molecule has 0 fully saturated rings. The highest BCUT2D eigenvalue weighted by molar-refractivity contribution is 9.10. The predicted molar refractivity (Wildman–Crippen MR) is 89.9 cm³/mol. The Bertz CT molecular complexity index is 655. The van der Waals surface area contributed by atoms with Gasteiger partial charge in [-0.05, 0) is 40.0 Å². The second-order valence-electron chi connectivity index (χ2n) is 4.73. The average Bonchev–Trinajstić information content (AvgIpc) is 2.49.